The maximum atomic E-state index is 12.5. The van der Waals surface area contributed by atoms with E-state index in [2.05, 4.69) is 0 Å². The van der Waals surface area contributed by atoms with Crippen molar-refractivity contribution in [2.75, 3.05) is 12.4 Å². The van der Waals surface area contributed by atoms with Crippen LogP contribution in [0.25, 0.3) is 0 Å². The number of methoxy groups -OCH3 is 1. The molecule has 19 heavy (non-hydrogen) atoms. The van der Waals surface area contributed by atoms with E-state index in [9.17, 15) is 23.1 Å². The van der Waals surface area contributed by atoms with Crippen LogP contribution in [0.15, 0.2) is 18.2 Å². The van der Waals surface area contributed by atoms with Gasteiger partial charge in [-0.1, -0.05) is 0 Å². The molecular formula is C11H13F3N2O3. The molecule has 0 heterocycles. The lowest BCUT2D eigenvalue weighted by molar-refractivity contribution is -0.184. The van der Waals surface area contributed by atoms with Gasteiger partial charge in [0.25, 0.3) is 5.91 Å². The maximum absolute atomic E-state index is 12.5. The standard InChI is InChI=1S/C11H13F3N2O3/c1-10(15,11(12,13)14)9(18)16-7-4-3-6(19-2)5-8(7)17/h3-5,17H,15H2,1-2H3,(H,16,18). The number of amides is 1. The predicted octanol–water partition coefficient (Wildman–Crippen LogP) is 1.62. The zero-order chi connectivity index (χ0) is 14.8. The van der Waals surface area contributed by atoms with Crippen LogP contribution in [0.1, 0.15) is 6.92 Å². The molecule has 0 bridgehead atoms. The SMILES string of the molecule is COc1ccc(NC(=O)C(C)(N)C(F)(F)F)c(O)c1. The smallest absolute Gasteiger partial charge is 0.415 e. The molecule has 0 aliphatic rings. The number of carbonyl (C=O) groups is 1. The van der Waals surface area contributed by atoms with Crippen LogP contribution < -0.4 is 15.8 Å². The first-order valence-corrected chi connectivity index (χ1v) is 5.13. The van der Waals surface area contributed by atoms with Crippen molar-refractivity contribution in [2.24, 2.45) is 5.73 Å². The maximum Gasteiger partial charge on any atom is 0.415 e. The molecule has 0 radical (unpaired) electrons. The molecule has 1 aromatic carbocycles. The lowest BCUT2D eigenvalue weighted by Gasteiger charge is -2.26. The first-order chi connectivity index (χ1) is 8.59. The highest BCUT2D eigenvalue weighted by Crippen LogP contribution is 2.32. The minimum Gasteiger partial charge on any atom is -0.506 e. The Morgan fingerprint density at radius 3 is 2.42 bits per heavy atom. The van der Waals surface area contributed by atoms with Gasteiger partial charge in [-0.05, 0) is 19.1 Å². The molecule has 4 N–H and O–H groups in total. The second-order valence-corrected chi connectivity index (χ2v) is 4.04. The summed E-state index contributed by atoms with van der Waals surface area (Å²) in [5.41, 5.74) is 1.70. The van der Waals surface area contributed by atoms with E-state index in [1.54, 1.807) is 0 Å². The van der Waals surface area contributed by atoms with Gasteiger partial charge in [0.05, 0.1) is 12.8 Å². The largest absolute Gasteiger partial charge is 0.506 e. The van der Waals surface area contributed by atoms with E-state index in [1.165, 1.54) is 19.2 Å². The average Bonchev–Trinajstić information content (AvgIpc) is 2.30. The molecule has 1 rings (SSSR count). The van der Waals surface area contributed by atoms with Gasteiger partial charge in [0.15, 0.2) is 5.54 Å². The molecular weight excluding hydrogens is 265 g/mol. The summed E-state index contributed by atoms with van der Waals surface area (Å²) in [5.74, 6) is -1.60. The first kappa shape index (κ1) is 15.1. The van der Waals surface area contributed by atoms with Crippen LogP contribution in [0, 0.1) is 0 Å². The average molecular weight is 278 g/mol. The topological polar surface area (TPSA) is 84.6 Å². The highest BCUT2D eigenvalue weighted by molar-refractivity contribution is 5.99. The third kappa shape index (κ3) is 3.08. The number of hydrogen-bond donors (Lipinski definition) is 3. The number of rotatable bonds is 3. The monoisotopic (exact) mass is 278 g/mol. The van der Waals surface area contributed by atoms with Gasteiger partial charge in [-0.2, -0.15) is 13.2 Å². The zero-order valence-electron chi connectivity index (χ0n) is 10.2. The van der Waals surface area contributed by atoms with E-state index in [4.69, 9.17) is 10.5 Å². The number of aromatic hydroxyl groups is 1. The number of nitrogens with one attached hydrogen (secondary N) is 1. The van der Waals surface area contributed by atoms with Crippen molar-refractivity contribution in [3.63, 3.8) is 0 Å². The number of hydrogen-bond acceptors (Lipinski definition) is 4. The molecule has 5 nitrogen and oxygen atoms in total. The molecule has 0 aromatic heterocycles. The molecule has 0 aliphatic heterocycles. The van der Waals surface area contributed by atoms with Crippen molar-refractivity contribution in [1.82, 2.24) is 0 Å². The Balaban J connectivity index is 2.95. The van der Waals surface area contributed by atoms with E-state index >= 15 is 0 Å². The van der Waals surface area contributed by atoms with Crippen LogP contribution >= 0.6 is 0 Å². The highest BCUT2D eigenvalue weighted by atomic mass is 19.4. The van der Waals surface area contributed by atoms with E-state index in [0.717, 1.165) is 6.07 Å². The number of anilines is 1. The van der Waals surface area contributed by atoms with Gasteiger partial charge in [0, 0.05) is 6.07 Å². The summed E-state index contributed by atoms with van der Waals surface area (Å²) >= 11 is 0. The summed E-state index contributed by atoms with van der Waals surface area (Å²) in [6, 6.07) is 3.73. The molecule has 0 saturated heterocycles. The summed E-state index contributed by atoms with van der Waals surface area (Å²) in [6.45, 7) is 0.545. The van der Waals surface area contributed by atoms with Crippen molar-refractivity contribution in [1.29, 1.82) is 0 Å². The quantitative estimate of drug-likeness (QED) is 0.733. The number of ether oxygens (including phenoxy) is 1. The van der Waals surface area contributed by atoms with Crippen molar-refractivity contribution < 1.29 is 27.8 Å². The Morgan fingerprint density at radius 1 is 1.42 bits per heavy atom. The number of phenols is 1. The van der Waals surface area contributed by atoms with Gasteiger partial charge in [-0.15, -0.1) is 0 Å². The number of halogens is 3. The molecule has 0 aliphatic carbocycles. The fourth-order valence-electron chi connectivity index (χ4n) is 1.13. The Hall–Kier alpha value is -1.96. The Morgan fingerprint density at radius 2 is 2.00 bits per heavy atom. The molecule has 1 aromatic rings. The van der Waals surface area contributed by atoms with Gasteiger partial charge >= 0.3 is 6.18 Å². The van der Waals surface area contributed by atoms with Crippen LogP contribution in [0.4, 0.5) is 18.9 Å². The van der Waals surface area contributed by atoms with Crippen LogP contribution in [0.3, 0.4) is 0 Å². The third-order valence-electron chi connectivity index (χ3n) is 2.51. The lowest BCUT2D eigenvalue weighted by Crippen LogP contribution is -2.59. The van der Waals surface area contributed by atoms with Crippen molar-refractivity contribution in [3.8, 4) is 11.5 Å². The second kappa shape index (κ2) is 4.96. The molecule has 0 saturated carbocycles. The van der Waals surface area contributed by atoms with Gasteiger partial charge in [0.2, 0.25) is 0 Å². The molecule has 1 unspecified atom stereocenters. The fraction of sp³-hybridized carbons (Fsp3) is 0.364. The van der Waals surface area contributed by atoms with E-state index in [-0.39, 0.29) is 5.69 Å². The highest BCUT2D eigenvalue weighted by Gasteiger charge is 2.54. The lowest BCUT2D eigenvalue weighted by atomic mass is 10.0. The molecule has 8 heteroatoms. The number of nitrogens with two attached hydrogens (primary N) is 1. The third-order valence-corrected chi connectivity index (χ3v) is 2.51. The van der Waals surface area contributed by atoms with E-state index < -0.39 is 23.4 Å². The fourth-order valence-corrected chi connectivity index (χ4v) is 1.13. The zero-order valence-corrected chi connectivity index (χ0v) is 10.2. The molecule has 1 atom stereocenters. The minimum absolute atomic E-state index is 0.188. The van der Waals surface area contributed by atoms with Gasteiger partial charge in [0.1, 0.15) is 11.5 Å². The molecule has 0 fully saturated rings. The summed E-state index contributed by atoms with van der Waals surface area (Å²) in [4.78, 5) is 11.5. The summed E-state index contributed by atoms with van der Waals surface area (Å²) in [6.07, 6.45) is -4.90. The van der Waals surface area contributed by atoms with Gasteiger partial charge < -0.3 is 20.9 Å². The number of alkyl halides is 3. The normalized spacial score (nSPS) is 14.6. The predicted molar refractivity (Wildman–Crippen MR) is 61.9 cm³/mol. The van der Waals surface area contributed by atoms with Crippen molar-refractivity contribution >= 4 is 11.6 Å². The van der Waals surface area contributed by atoms with Gasteiger partial charge in [-0.25, -0.2) is 0 Å². The Labute approximate surface area is 107 Å². The van der Waals surface area contributed by atoms with Crippen LogP contribution in [-0.2, 0) is 4.79 Å². The van der Waals surface area contributed by atoms with Crippen LogP contribution in [0.5, 0.6) is 11.5 Å². The second-order valence-electron chi connectivity index (χ2n) is 4.04. The summed E-state index contributed by atoms with van der Waals surface area (Å²) in [5, 5.41) is 11.4. The number of phenolic OH excluding ortho intramolecular Hbond substituents is 1. The molecule has 106 valence electrons. The number of benzene rings is 1. The molecule has 1 amide bonds. The summed E-state index contributed by atoms with van der Waals surface area (Å²) < 4.78 is 42.4. The minimum atomic E-state index is -4.90. The van der Waals surface area contributed by atoms with E-state index in [1.807, 2.05) is 5.32 Å². The number of carbonyl (C=O) groups excluding carboxylic acids is 1. The summed E-state index contributed by atoms with van der Waals surface area (Å²) in [7, 11) is 1.35. The van der Waals surface area contributed by atoms with Crippen LogP contribution in [-0.4, -0.2) is 29.8 Å². The van der Waals surface area contributed by atoms with Crippen molar-refractivity contribution in [3.05, 3.63) is 18.2 Å². The van der Waals surface area contributed by atoms with Crippen LogP contribution in [0.2, 0.25) is 0 Å². The van der Waals surface area contributed by atoms with Gasteiger partial charge in [-0.3, -0.25) is 4.79 Å². The Bertz CT molecular complexity index is 487. The van der Waals surface area contributed by atoms with Crippen molar-refractivity contribution in [2.45, 2.75) is 18.6 Å². The molecule has 0 spiro atoms. The Kier molecular flexibility index (Phi) is 3.94. The van der Waals surface area contributed by atoms with E-state index in [0.29, 0.717) is 12.7 Å². The first-order valence-electron chi connectivity index (χ1n) is 5.13.